The quantitative estimate of drug-likeness (QED) is 0.623. The number of hydrogen-bond donors (Lipinski definition) is 1. The number of nitrogens with zero attached hydrogens (tertiary/aromatic N) is 1. The number of esters is 1. The average molecular weight is 250 g/mol. The van der Waals surface area contributed by atoms with Crippen molar-refractivity contribution in [1.29, 1.82) is 0 Å². The smallest absolute Gasteiger partial charge is 0.323 e. The number of nitrogens with one attached hydrogen (secondary N) is 1. The Hall–Kier alpha value is -0.660. The number of ether oxygens (including phenoxy) is 1. The molecule has 0 aromatic heterocycles. The Labute approximate surface area is 96.0 Å². The zero-order valence-electron chi connectivity index (χ0n) is 9.60. The first-order chi connectivity index (χ1) is 7.50. The van der Waals surface area contributed by atoms with Gasteiger partial charge < -0.3 is 4.74 Å². The molecule has 7 heteroatoms. The fraction of sp³-hybridized carbons (Fsp3) is 0.889. The maximum Gasteiger partial charge on any atom is 0.323 e. The Balaban J connectivity index is 2.37. The fourth-order valence-electron chi connectivity index (χ4n) is 1.64. The van der Waals surface area contributed by atoms with Crippen LogP contribution in [0.5, 0.6) is 0 Å². The molecule has 0 aromatic rings. The van der Waals surface area contributed by atoms with Gasteiger partial charge in [0.15, 0.2) is 0 Å². The van der Waals surface area contributed by atoms with Gasteiger partial charge in [0.05, 0.1) is 12.9 Å². The van der Waals surface area contributed by atoms with E-state index in [4.69, 9.17) is 0 Å². The standard InChI is InChI=1S/C9H18N2O4S/c1-3-10-16(13,14)7-6-11-5-4-8(11)9(12)15-2/h8,10H,3-7H2,1-2H3. The van der Waals surface area contributed by atoms with Crippen molar-refractivity contribution in [3.63, 3.8) is 0 Å². The van der Waals surface area contributed by atoms with Crippen molar-refractivity contribution in [3.05, 3.63) is 0 Å². The van der Waals surface area contributed by atoms with E-state index in [1.54, 1.807) is 6.92 Å². The molecule has 1 aliphatic rings. The van der Waals surface area contributed by atoms with Crippen molar-refractivity contribution >= 4 is 16.0 Å². The summed E-state index contributed by atoms with van der Waals surface area (Å²) in [7, 11) is -1.86. The summed E-state index contributed by atoms with van der Waals surface area (Å²) in [6.07, 6.45) is 0.744. The Kier molecular flexibility index (Phi) is 4.69. The molecule has 1 unspecified atom stereocenters. The number of rotatable bonds is 6. The molecule has 16 heavy (non-hydrogen) atoms. The van der Waals surface area contributed by atoms with Gasteiger partial charge in [-0.15, -0.1) is 0 Å². The Morgan fingerprint density at radius 3 is 2.69 bits per heavy atom. The van der Waals surface area contributed by atoms with Gasteiger partial charge in [-0.1, -0.05) is 6.92 Å². The largest absolute Gasteiger partial charge is 0.468 e. The summed E-state index contributed by atoms with van der Waals surface area (Å²) in [4.78, 5) is 13.0. The number of sulfonamides is 1. The number of hydrogen-bond acceptors (Lipinski definition) is 5. The molecule has 0 saturated carbocycles. The topological polar surface area (TPSA) is 75.7 Å². The molecule has 0 aliphatic carbocycles. The Morgan fingerprint density at radius 2 is 2.25 bits per heavy atom. The van der Waals surface area contributed by atoms with E-state index in [1.165, 1.54) is 7.11 Å². The lowest BCUT2D eigenvalue weighted by atomic mass is 10.0. The molecule has 1 rings (SSSR count). The zero-order chi connectivity index (χ0) is 12.2. The molecule has 0 amide bonds. The summed E-state index contributed by atoms with van der Waals surface area (Å²) in [6, 6.07) is -0.262. The summed E-state index contributed by atoms with van der Waals surface area (Å²) >= 11 is 0. The fourth-order valence-corrected chi connectivity index (χ4v) is 2.70. The summed E-state index contributed by atoms with van der Waals surface area (Å²) < 4.78 is 29.8. The van der Waals surface area contributed by atoms with Gasteiger partial charge in [-0.25, -0.2) is 13.1 Å². The molecule has 1 atom stereocenters. The first-order valence-corrected chi connectivity index (χ1v) is 6.94. The van der Waals surface area contributed by atoms with Crippen LogP contribution in [0.4, 0.5) is 0 Å². The summed E-state index contributed by atoms with van der Waals surface area (Å²) in [5, 5.41) is 0. The normalized spacial score (nSPS) is 21.5. The Morgan fingerprint density at radius 1 is 1.56 bits per heavy atom. The predicted molar refractivity (Wildman–Crippen MR) is 59.5 cm³/mol. The van der Waals surface area contributed by atoms with Crippen molar-refractivity contribution < 1.29 is 17.9 Å². The Bertz CT molecular complexity index is 341. The van der Waals surface area contributed by atoms with Crippen LogP contribution in [0.1, 0.15) is 13.3 Å². The molecule has 1 N–H and O–H groups in total. The minimum atomic E-state index is -3.20. The SMILES string of the molecule is CCNS(=O)(=O)CCN1CCC1C(=O)OC. The van der Waals surface area contributed by atoms with Crippen LogP contribution in [0.3, 0.4) is 0 Å². The van der Waals surface area contributed by atoms with E-state index in [0.717, 1.165) is 13.0 Å². The van der Waals surface area contributed by atoms with Crippen LogP contribution in [0.2, 0.25) is 0 Å². The number of carbonyl (C=O) groups is 1. The molecule has 1 saturated heterocycles. The molecular weight excluding hydrogens is 232 g/mol. The van der Waals surface area contributed by atoms with Gasteiger partial charge in [0, 0.05) is 19.6 Å². The molecule has 0 radical (unpaired) electrons. The van der Waals surface area contributed by atoms with Crippen molar-refractivity contribution in [3.8, 4) is 0 Å². The van der Waals surface area contributed by atoms with Crippen LogP contribution in [0.15, 0.2) is 0 Å². The lowest BCUT2D eigenvalue weighted by Gasteiger charge is -2.38. The van der Waals surface area contributed by atoms with Crippen LogP contribution in [0.25, 0.3) is 0 Å². The second-order valence-corrected chi connectivity index (χ2v) is 5.61. The highest BCUT2D eigenvalue weighted by molar-refractivity contribution is 7.89. The third-order valence-corrected chi connectivity index (χ3v) is 4.06. The summed E-state index contributed by atoms with van der Waals surface area (Å²) in [5.74, 6) is -0.263. The van der Waals surface area contributed by atoms with Gasteiger partial charge in [-0.2, -0.15) is 0 Å². The van der Waals surface area contributed by atoms with Crippen molar-refractivity contribution in [2.45, 2.75) is 19.4 Å². The highest BCUT2D eigenvalue weighted by Gasteiger charge is 2.35. The van der Waals surface area contributed by atoms with Crippen LogP contribution in [0, 0.1) is 0 Å². The maximum absolute atomic E-state index is 11.4. The van der Waals surface area contributed by atoms with E-state index in [1.807, 2.05) is 4.90 Å². The van der Waals surface area contributed by atoms with Crippen LogP contribution in [-0.2, 0) is 19.6 Å². The highest BCUT2D eigenvalue weighted by atomic mass is 32.2. The second-order valence-electron chi connectivity index (χ2n) is 3.68. The van der Waals surface area contributed by atoms with Gasteiger partial charge in [0.25, 0.3) is 0 Å². The maximum atomic E-state index is 11.4. The van der Waals surface area contributed by atoms with E-state index in [-0.39, 0.29) is 17.8 Å². The molecule has 0 spiro atoms. The average Bonchev–Trinajstić information content (AvgIpc) is 2.15. The van der Waals surface area contributed by atoms with Crippen LogP contribution >= 0.6 is 0 Å². The minimum Gasteiger partial charge on any atom is -0.468 e. The third kappa shape index (κ3) is 3.43. The monoisotopic (exact) mass is 250 g/mol. The number of carbonyl (C=O) groups excluding carboxylic acids is 1. The van der Waals surface area contributed by atoms with Gasteiger partial charge >= 0.3 is 5.97 Å². The third-order valence-electron chi connectivity index (χ3n) is 2.62. The van der Waals surface area contributed by atoms with Crippen molar-refractivity contribution in [1.82, 2.24) is 9.62 Å². The predicted octanol–water partition coefficient (Wildman–Crippen LogP) is -0.827. The molecule has 0 aromatic carbocycles. The second kappa shape index (κ2) is 5.60. The highest BCUT2D eigenvalue weighted by Crippen LogP contribution is 2.17. The first-order valence-electron chi connectivity index (χ1n) is 5.29. The summed E-state index contributed by atoms with van der Waals surface area (Å²) in [6.45, 7) is 3.25. The van der Waals surface area contributed by atoms with Gasteiger partial charge in [0.1, 0.15) is 6.04 Å². The van der Waals surface area contributed by atoms with E-state index >= 15 is 0 Å². The van der Waals surface area contributed by atoms with Gasteiger partial charge in [-0.05, 0) is 6.42 Å². The van der Waals surface area contributed by atoms with E-state index < -0.39 is 10.0 Å². The lowest BCUT2D eigenvalue weighted by molar-refractivity contribution is -0.151. The molecule has 1 heterocycles. The minimum absolute atomic E-state index is 0.0222. The first kappa shape index (κ1) is 13.4. The van der Waals surface area contributed by atoms with E-state index in [9.17, 15) is 13.2 Å². The zero-order valence-corrected chi connectivity index (χ0v) is 10.4. The van der Waals surface area contributed by atoms with E-state index in [0.29, 0.717) is 13.1 Å². The van der Waals surface area contributed by atoms with Crippen molar-refractivity contribution in [2.24, 2.45) is 0 Å². The molecule has 1 fully saturated rings. The lowest BCUT2D eigenvalue weighted by Crippen LogP contribution is -2.54. The number of likely N-dealkylation sites (tertiary alicyclic amines) is 1. The number of methoxy groups -OCH3 is 1. The molecule has 6 nitrogen and oxygen atoms in total. The van der Waals surface area contributed by atoms with E-state index in [2.05, 4.69) is 9.46 Å². The van der Waals surface area contributed by atoms with Crippen LogP contribution in [-0.4, -0.2) is 57.8 Å². The summed E-state index contributed by atoms with van der Waals surface area (Å²) in [5.41, 5.74) is 0. The molecule has 1 aliphatic heterocycles. The van der Waals surface area contributed by atoms with Gasteiger partial charge in [-0.3, -0.25) is 9.69 Å². The molecular formula is C9H18N2O4S. The molecule has 0 bridgehead atoms. The van der Waals surface area contributed by atoms with Crippen molar-refractivity contribution in [2.75, 3.05) is 32.5 Å². The van der Waals surface area contributed by atoms with Gasteiger partial charge in [0.2, 0.25) is 10.0 Å². The molecule has 94 valence electrons. The van der Waals surface area contributed by atoms with Crippen LogP contribution < -0.4 is 4.72 Å².